The Kier molecular flexibility index (Phi) is 12.8. The van der Waals surface area contributed by atoms with Gasteiger partial charge in [-0.2, -0.15) is 0 Å². The van der Waals surface area contributed by atoms with Gasteiger partial charge in [0, 0.05) is 13.1 Å². The van der Waals surface area contributed by atoms with Crippen LogP contribution in [0.4, 0.5) is 0 Å². The van der Waals surface area contributed by atoms with E-state index in [0.29, 0.717) is 58.2 Å². The molecule has 2 fully saturated rings. The maximum atomic E-state index is 13.6. The molecule has 0 bridgehead atoms. The zero-order chi connectivity index (χ0) is 30.0. The lowest BCUT2D eigenvalue weighted by Crippen LogP contribution is -2.58. The minimum Gasteiger partial charge on any atom is -0.481 e. The SMILES string of the molecule is CC[C@H](C)[C@H](N)C(=O)N1CCC[C@H]1C(=O)N1CCC[C@H]1C(=O)N[C@@H](CCCCN)C(=O)N[C@@H](CC(=O)O)C(=O)O. The highest BCUT2D eigenvalue weighted by Gasteiger charge is 2.44. The maximum absolute atomic E-state index is 13.6. The molecule has 0 aromatic heterocycles. The predicted molar refractivity (Wildman–Crippen MR) is 144 cm³/mol. The van der Waals surface area contributed by atoms with Gasteiger partial charge in [-0.05, 0) is 57.4 Å². The number of rotatable bonds is 15. The van der Waals surface area contributed by atoms with Gasteiger partial charge in [-0.25, -0.2) is 4.79 Å². The molecule has 0 aromatic carbocycles. The summed E-state index contributed by atoms with van der Waals surface area (Å²) in [7, 11) is 0. The first-order valence-electron chi connectivity index (χ1n) is 14.0. The van der Waals surface area contributed by atoms with Crippen LogP contribution in [-0.4, -0.2) is 105 Å². The zero-order valence-electron chi connectivity index (χ0n) is 23.3. The van der Waals surface area contributed by atoms with Gasteiger partial charge in [0.1, 0.15) is 24.2 Å². The van der Waals surface area contributed by atoms with Crippen LogP contribution in [0.5, 0.6) is 0 Å². The molecule has 2 heterocycles. The van der Waals surface area contributed by atoms with E-state index in [1.54, 1.807) is 0 Å². The van der Waals surface area contributed by atoms with Crippen LogP contribution >= 0.6 is 0 Å². The number of likely N-dealkylation sites (tertiary alicyclic amines) is 2. The Morgan fingerprint density at radius 1 is 0.925 bits per heavy atom. The Hall–Kier alpha value is -3.26. The van der Waals surface area contributed by atoms with E-state index in [2.05, 4.69) is 10.6 Å². The number of amides is 4. The van der Waals surface area contributed by atoms with Crippen molar-refractivity contribution in [1.29, 1.82) is 0 Å². The Morgan fingerprint density at radius 3 is 2.12 bits per heavy atom. The normalized spacial score (nSPS) is 21.8. The molecule has 40 heavy (non-hydrogen) atoms. The van der Waals surface area contributed by atoms with Crippen molar-refractivity contribution in [2.45, 2.75) is 102 Å². The molecule has 2 aliphatic heterocycles. The van der Waals surface area contributed by atoms with Crippen LogP contribution in [0.15, 0.2) is 0 Å². The first-order chi connectivity index (χ1) is 18.9. The monoisotopic (exact) mass is 568 g/mol. The molecule has 0 unspecified atom stereocenters. The van der Waals surface area contributed by atoms with Gasteiger partial charge in [0.2, 0.25) is 23.6 Å². The summed E-state index contributed by atoms with van der Waals surface area (Å²) in [5.74, 6) is -4.99. The van der Waals surface area contributed by atoms with Crippen molar-refractivity contribution in [1.82, 2.24) is 20.4 Å². The van der Waals surface area contributed by atoms with E-state index >= 15 is 0 Å². The molecular weight excluding hydrogens is 524 g/mol. The molecule has 0 saturated carbocycles. The topological polar surface area (TPSA) is 225 Å². The highest BCUT2D eigenvalue weighted by atomic mass is 16.4. The van der Waals surface area contributed by atoms with Crippen molar-refractivity contribution >= 4 is 35.6 Å². The summed E-state index contributed by atoms with van der Waals surface area (Å²) in [6, 6.07) is -5.12. The van der Waals surface area contributed by atoms with Gasteiger partial charge in [-0.1, -0.05) is 20.3 Å². The number of carbonyl (C=O) groups excluding carboxylic acids is 4. The highest BCUT2D eigenvalue weighted by molar-refractivity contribution is 5.96. The molecule has 2 aliphatic rings. The van der Waals surface area contributed by atoms with Gasteiger partial charge in [-0.15, -0.1) is 0 Å². The Bertz CT molecular complexity index is 946. The molecule has 0 aromatic rings. The summed E-state index contributed by atoms with van der Waals surface area (Å²) in [6.45, 7) is 4.90. The number of carbonyl (C=O) groups is 6. The van der Waals surface area contributed by atoms with E-state index in [0.717, 1.165) is 6.42 Å². The number of nitrogens with two attached hydrogens (primary N) is 2. The molecule has 6 atom stereocenters. The second-order valence-corrected chi connectivity index (χ2v) is 10.6. The van der Waals surface area contributed by atoms with Crippen LogP contribution in [0.3, 0.4) is 0 Å². The predicted octanol–water partition coefficient (Wildman–Crippen LogP) is -1.00. The quantitative estimate of drug-likeness (QED) is 0.132. The van der Waals surface area contributed by atoms with E-state index in [-0.39, 0.29) is 24.2 Å². The molecule has 2 rings (SSSR count). The van der Waals surface area contributed by atoms with Crippen LogP contribution in [0.25, 0.3) is 0 Å². The largest absolute Gasteiger partial charge is 0.481 e. The number of carboxylic acid groups (broad SMARTS) is 2. The first-order valence-corrected chi connectivity index (χ1v) is 14.0. The van der Waals surface area contributed by atoms with Crippen LogP contribution in [0.2, 0.25) is 0 Å². The van der Waals surface area contributed by atoms with Gasteiger partial charge in [0.05, 0.1) is 12.5 Å². The summed E-state index contributed by atoms with van der Waals surface area (Å²) in [4.78, 5) is 78.3. The number of hydrogen-bond donors (Lipinski definition) is 6. The van der Waals surface area contributed by atoms with E-state index in [9.17, 15) is 33.9 Å². The average molecular weight is 569 g/mol. The van der Waals surface area contributed by atoms with Crippen molar-refractivity contribution in [2.24, 2.45) is 17.4 Å². The van der Waals surface area contributed by atoms with Crippen molar-refractivity contribution in [3.63, 3.8) is 0 Å². The van der Waals surface area contributed by atoms with Crippen LogP contribution in [-0.2, 0) is 28.8 Å². The minimum atomic E-state index is -1.67. The van der Waals surface area contributed by atoms with E-state index in [1.165, 1.54) is 9.80 Å². The van der Waals surface area contributed by atoms with Gasteiger partial charge in [0.15, 0.2) is 0 Å². The Balaban J connectivity index is 2.15. The van der Waals surface area contributed by atoms with Crippen LogP contribution in [0.1, 0.15) is 71.6 Å². The van der Waals surface area contributed by atoms with Crippen molar-refractivity contribution in [3.8, 4) is 0 Å². The molecule has 8 N–H and O–H groups in total. The van der Waals surface area contributed by atoms with Gasteiger partial charge < -0.3 is 42.1 Å². The lowest BCUT2D eigenvalue weighted by atomic mass is 9.98. The third-order valence-electron chi connectivity index (χ3n) is 7.77. The molecule has 2 saturated heterocycles. The first kappa shape index (κ1) is 32.9. The molecule has 0 spiro atoms. The Labute approximate surface area is 234 Å². The summed E-state index contributed by atoms with van der Waals surface area (Å²) >= 11 is 0. The zero-order valence-corrected chi connectivity index (χ0v) is 23.3. The van der Waals surface area contributed by atoms with Crippen LogP contribution in [0, 0.1) is 5.92 Å². The van der Waals surface area contributed by atoms with Crippen molar-refractivity contribution < 1.29 is 39.0 Å². The summed E-state index contributed by atoms with van der Waals surface area (Å²) in [6.07, 6.45) is 3.07. The lowest BCUT2D eigenvalue weighted by Gasteiger charge is -2.33. The lowest BCUT2D eigenvalue weighted by molar-refractivity contribution is -0.148. The second kappa shape index (κ2) is 15.5. The summed E-state index contributed by atoms with van der Waals surface area (Å²) in [5.41, 5.74) is 11.7. The second-order valence-electron chi connectivity index (χ2n) is 10.6. The molecule has 14 heteroatoms. The fraction of sp³-hybridized carbons (Fsp3) is 0.769. The van der Waals surface area contributed by atoms with E-state index in [4.69, 9.17) is 16.6 Å². The van der Waals surface area contributed by atoms with Crippen LogP contribution < -0.4 is 22.1 Å². The number of nitrogens with zero attached hydrogens (tertiary/aromatic N) is 2. The van der Waals surface area contributed by atoms with E-state index in [1.807, 2.05) is 13.8 Å². The average Bonchev–Trinajstić information content (AvgIpc) is 3.60. The molecule has 0 radical (unpaired) electrons. The number of carboxylic acids is 2. The summed E-state index contributed by atoms with van der Waals surface area (Å²) < 4.78 is 0. The summed E-state index contributed by atoms with van der Waals surface area (Å²) in [5, 5.41) is 23.1. The van der Waals surface area contributed by atoms with Gasteiger partial charge in [-0.3, -0.25) is 24.0 Å². The van der Waals surface area contributed by atoms with Gasteiger partial charge in [0.25, 0.3) is 0 Å². The third-order valence-corrected chi connectivity index (χ3v) is 7.77. The fourth-order valence-corrected chi connectivity index (χ4v) is 5.15. The van der Waals surface area contributed by atoms with Crippen molar-refractivity contribution in [3.05, 3.63) is 0 Å². The van der Waals surface area contributed by atoms with E-state index < -0.39 is 60.4 Å². The number of unbranched alkanes of at least 4 members (excludes halogenated alkanes) is 1. The maximum Gasteiger partial charge on any atom is 0.326 e. The standard InChI is InChI=1S/C26H44N6O8/c1-3-15(2)21(28)25(38)32-13-7-10-19(32)24(37)31-12-6-9-18(31)23(36)29-16(8-4-5-11-27)22(35)30-17(26(39)40)14-20(33)34/h15-19,21H,3-14,27-28H2,1-2H3,(H,29,36)(H,30,35)(H,33,34)(H,39,40)/t15-,16-,17-,18-,19-,21-/m0/s1. The molecular formula is C26H44N6O8. The smallest absolute Gasteiger partial charge is 0.326 e. The molecule has 4 amide bonds. The Morgan fingerprint density at radius 2 is 1.55 bits per heavy atom. The number of aliphatic carboxylic acids is 2. The fourth-order valence-electron chi connectivity index (χ4n) is 5.15. The number of nitrogens with one attached hydrogen (secondary N) is 2. The molecule has 14 nitrogen and oxygen atoms in total. The molecule has 0 aliphatic carbocycles. The van der Waals surface area contributed by atoms with Crippen molar-refractivity contribution in [2.75, 3.05) is 19.6 Å². The molecule has 226 valence electrons. The number of hydrogen-bond acceptors (Lipinski definition) is 8. The highest BCUT2D eigenvalue weighted by Crippen LogP contribution is 2.26. The minimum absolute atomic E-state index is 0.0484. The van der Waals surface area contributed by atoms with Gasteiger partial charge >= 0.3 is 11.9 Å². The third kappa shape index (κ3) is 8.62.